The third kappa shape index (κ3) is 5.77. The first-order chi connectivity index (χ1) is 9.32. The molecule has 1 rings (SSSR count). The maximum Gasteiger partial charge on any atom is 0.261 e. The molecular formula is C12H16ClNO5S. The largest absolute Gasteiger partial charge is 0.484 e. The van der Waals surface area contributed by atoms with E-state index in [9.17, 15) is 13.2 Å². The van der Waals surface area contributed by atoms with Crippen molar-refractivity contribution >= 4 is 25.6 Å². The Bertz CT molecular complexity index is 543. The summed E-state index contributed by atoms with van der Waals surface area (Å²) in [6.45, 7) is 2.05. The van der Waals surface area contributed by atoms with E-state index in [4.69, 9.17) is 20.2 Å². The van der Waals surface area contributed by atoms with Gasteiger partial charge in [0, 0.05) is 23.8 Å². The highest BCUT2D eigenvalue weighted by atomic mass is 35.7. The molecule has 1 aromatic carbocycles. The lowest BCUT2D eigenvalue weighted by molar-refractivity contribution is -0.124. The van der Waals surface area contributed by atoms with Crippen molar-refractivity contribution < 1.29 is 22.7 Å². The molecule has 0 spiro atoms. The number of carbonyl (C=O) groups is 1. The van der Waals surface area contributed by atoms with Crippen LogP contribution in [0.4, 0.5) is 0 Å². The second-order valence-corrected chi connectivity index (χ2v) is 6.69. The monoisotopic (exact) mass is 321 g/mol. The zero-order valence-corrected chi connectivity index (χ0v) is 12.7. The van der Waals surface area contributed by atoms with E-state index < -0.39 is 9.05 Å². The molecule has 20 heavy (non-hydrogen) atoms. The predicted octanol–water partition coefficient (Wildman–Crippen LogP) is 1.14. The van der Waals surface area contributed by atoms with E-state index >= 15 is 0 Å². The fourth-order valence-corrected chi connectivity index (χ4v) is 2.23. The topological polar surface area (TPSA) is 81.7 Å². The maximum absolute atomic E-state index is 11.5. The molecule has 1 unspecified atom stereocenters. The Balaban J connectivity index is 2.48. The number of methoxy groups -OCH3 is 1. The number of hydrogen-bond donors (Lipinski definition) is 1. The van der Waals surface area contributed by atoms with Crippen LogP contribution in [0.3, 0.4) is 0 Å². The molecule has 0 radical (unpaired) electrons. The van der Waals surface area contributed by atoms with Crippen LogP contribution in [0.15, 0.2) is 29.2 Å². The van der Waals surface area contributed by atoms with Gasteiger partial charge >= 0.3 is 0 Å². The van der Waals surface area contributed by atoms with Gasteiger partial charge < -0.3 is 14.8 Å². The van der Waals surface area contributed by atoms with Crippen molar-refractivity contribution in [1.29, 1.82) is 0 Å². The number of nitrogens with one attached hydrogen (secondary N) is 1. The molecule has 6 nitrogen and oxygen atoms in total. The summed E-state index contributed by atoms with van der Waals surface area (Å²) in [6.07, 6.45) is 0. The number of benzene rings is 1. The molecule has 0 heterocycles. The fraction of sp³-hybridized carbons (Fsp3) is 0.417. The molecule has 1 amide bonds. The number of rotatable bonds is 7. The normalized spacial score (nSPS) is 12.8. The summed E-state index contributed by atoms with van der Waals surface area (Å²) in [7, 11) is 2.98. The van der Waals surface area contributed by atoms with Gasteiger partial charge in [-0.05, 0) is 31.2 Å². The highest BCUT2D eigenvalue weighted by molar-refractivity contribution is 8.13. The van der Waals surface area contributed by atoms with Gasteiger partial charge in [-0.15, -0.1) is 0 Å². The van der Waals surface area contributed by atoms with Crippen molar-refractivity contribution in [2.75, 3.05) is 20.3 Å². The van der Waals surface area contributed by atoms with Gasteiger partial charge in [0.05, 0.1) is 11.5 Å². The Hall–Kier alpha value is -1.31. The SMILES string of the molecule is COCC(C)NC(=O)COc1ccc(S(=O)(=O)Cl)cc1. The third-order valence-electron chi connectivity index (χ3n) is 2.30. The van der Waals surface area contributed by atoms with E-state index in [1.54, 1.807) is 7.11 Å². The van der Waals surface area contributed by atoms with Gasteiger partial charge in [-0.2, -0.15) is 0 Å². The average molecular weight is 322 g/mol. The van der Waals surface area contributed by atoms with Gasteiger partial charge in [-0.25, -0.2) is 8.42 Å². The summed E-state index contributed by atoms with van der Waals surface area (Å²) in [5.41, 5.74) is 0. The van der Waals surface area contributed by atoms with Crippen molar-refractivity contribution in [3.63, 3.8) is 0 Å². The van der Waals surface area contributed by atoms with Crippen LogP contribution in [0, 0.1) is 0 Å². The van der Waals surface area contributed by atoms with Gasteiger partial charge in [0.25, 0.3) is 15.0 Å². The molecule has 1 N–H and O–H groups in total. The van der Waals surface area contributed by atoms with Crippen LogP contribution >= 0.6 is 10.7 Å². The molecule has 0 aliphatic rings. The Labute approximate surface area is 122 Å². The third-order valence-corrected chi connectivity index (χ3v) is 3.67. The molecule has 0 bridgehead atoms. The molecule has 1 aromatic rings. The molecule has 0 aliphatic heterocycles. The predicted molar refractivity (Wildman–Crippen MR) is 74.5 cm³/mol. The van der Waals surface area contributed by atoms with E-state index in [0.717, 1.165) is 0 Å². The van der Waals surface area contributed by atoms with Crippen LogP contribution in [0.2, 0.25) is 0 Å². The second-order valence-electron chi connectivity index (χ2n) is 4.12. The summed E-state index contributed by atoms with van der Waals surface area (Å²) in [6, 6.07) is 5.37. The Kier molecular flexibility index (Phi) is 6.25. The molecular weight excluding hydrogens is 306 g/mol. The van der Waals surface area contributed by atoms with Crippen LogP contribution in [0.25, 0.3) is 0 Å². The number of amides is 1. The van der Waals surface area contributed by atoms with Crippen LogP contribution in [0.5, 0.6) is 5.75 Å². The van der Waals surface area contributed by atoms with Crippen LogP contribution in [0.1, 0.15) is 6.92 Å². The molecule has 0 aliphatic carbocycles. The molecule has 0 fully saturated rings. The Morgan fingerprint density at radius 3 is 2.45 bits per heavy atom. The molecule has 0 saturated carbocycles. The van der Waals surface area contributed by atoms with E-state index in [1.165, 1.54) is 24.3 Å². The standard InChI is InChI=1S/C12H16ClNO5S/c1-9(7-18-2)14-12(15)8-19-10-3-5-11(6-4-10)20(13,16)17/h3-6,9H,7-8H2,1-2H3,(H,14,15). The summed E-state index contributed by atoms with van der Waals surface area (Å²) in [5, 5.41) is 2.68. The van der Waals surface area contributed by atoms with Gasteiger partial charge in [0.15, 0.2) is 6.61 Å². The lowest BCUT2D eigenvalue weighted by Gasteiger charge is -2.13. The minimum absolute atomic E-state index is 0.0234. The van der Waals surface area contributed by atoms with Crippen molar-refractivity contribution in [3.8, 4) is 5.75 Å². The van der Waals surface area contributed by atoms with Crippen molar-refractivity contribution in [1.82, 2.24) is 5.32 Å². The van der Waals surface area contributed by atoms with E-state index in [0.29, 0.717) is 12.4 Å². The first kappa shape index (κ1) is 16.7. The van der Waals surface area contributed by atoms with Gasteiger partial charge in [-0.3, -0.25) is 4.79 Å². The van der Waals surface area contributed by atoms with Gasteiger partial charge in [0.2, 0.25) is 0 Å². The quantitative estimate of drug-likeness (QED) is 0.762. The van der Waals surface area contributed by atoms with Crippen molar-refractivity contribution in [2.45, 2.75) is 17.9 Å². The van der Waals surface area contributed by atoms with E-state index in [2.05, 4.69) is 5.32 Å². The van der Waals surface area contributed by atoms with E-state index in [1.807, 2.05) is 6.92 Å². The maximum atomic E-state index is 11.5. The number of halogens is 1. The highest BCUT2D eigenvalue weighted by Gasteiger charge is 2.10. The summed E-state index contributed by atoms with van der Waals surface area (Å²) in [4.78, 5) is 11.5. The molecule has 1 atom stereocenters. The number of ether oxygens (including phenoxy) is 2. The molecule has 112 valence electrons. The number of carbonyl (C=O) groups excluding carboxylic acids is 1. The first-order valence-corrected chi connectivity index (χ1v) is 8.09. The summed E-state index contributed by atoms with van der Waals surface area (Å²) < 4.78 is 32.2. The van der Waals surface area contributed by atoms with Gasteiger partial charge in [0.1, 0.15) is 5.75 Å². The summed E-state index contributed by atoms with van der Waals surface area (Å²) in [5.74, 6) is 0.0900. The summed E-state index contributed by atoms with van der Waals surface area (Å²) >= 11 is 0. The van der Waals surface area contributed by atoms with Crippen LogP contribution < -0.4 is 10.1 Å². The Morgan fingerprint density at radius 2 is 1.95 bits per heavy atom. The Morgan fingerprint density at radius 1 is 1.35 bits per heavy atom. The minimum atomic E-state index is -3.75. The number of hydrogen-bond acceptors (Lipinski definition) is 5. The first-order valence-electron chi connectivity index (χ1n) is 5.78. The zero-order chi connectivity index (χ0) is 15.2. The fourth-order valence-electron chi connectivity index (χ4n) is 1.46. The smallest absolute Gasteiger partial charge is 0.261 e. The van der Waals surface area contributed by atoms with Crippen LogP contribution in [-0.2, 0) is 18.6 Å². The minimum Gasteiger partial charge on any atom is -0.484 e. The molecule has 8 heteroatoms. The van der Waals surface area contributed by atoms with Gasteiger partial charge in [-0.1, -0.05) is 0 Å². The van der Waals surface area contributed by atoms with E-state index in [-0.39, 0.29) is 23.5 Å². The molecule has 0 saturated heterocycles. The lowest BCUT2D eigenvalue weighted by Crippen LogP contribution is -2.38. The zero-order valence-electron chi connectivity index (χ0n) is 11.1. The van der Waals surface area contributed by atoms with Crippen LogP contribution in [-0.4, -0.2) is 40.7 Å². The highest BCUT2D eigenvalue weighted by Crippen LogP contribution is 2.18. The van der Waals surface area contributed by atoms with Crippen molar-refractivity contribution in [2.24, 2.45) is 0 Å². The average Bonchev–Trinajstić information content (AvgIpc) is 2.36. The molecule has 0 aromatic heterocycles. The van der Waals surface area contributed by atoms with Crippen molar-refractivity contribution in [3.05, 3.63) is 24.3 Å². The second kappa shape index (κ2) is 7.47. The lowest BCUT2D eigenvalue weighted by atomic mass is 10.3.